The lowest BCUT2D eigenvalue weighted by Gasteiger charge is -2.11. The van der Waals surface area contributed by atoms with Gasteiger partial charge in [-0.3, -0.25) is 4.57 Å². The quantitative estimate of drug-likeness (QED) is 0.796. The fraction of sp³-hybridized carbons (Fsp3) is 0.188. The van der Waals surface area contributed by atoms with Crippen LogP contribution in [0.1, 0.15) is 17.0 Å². The molecular weight excluding hydrogens is 262 g/mol. The van der Waals surface area contributed by atoms with Gasteiger partial charge in [0, 0.05) is 12.7 Å². The molecule has 0 fully saturated rings. The second-order valence-corrected chi connectivity index (χ2v) is 4.88. The molecule has 3 aromatic rings. The van der Waals surface area contributed by atoms with Crippen molar-refractivity contribution in [1.82, 2.24) is 14.5 Å². The van der Waals surface area contributed by atoms with Gasteiger partial charge in [0.2, 0.25) is 0 Å². The van der Waals surface area contributed by atoms with Crippen LogP contribution >= 0.6 is 0 Å². The van der Waals surface area contributed by atoms with Crippen LogP contribution in [0.5, 0.6) is 0 Å². The van der Waals surface area contributed by atoms with Crippen LogP contribution < -0.4 is 5.73 Å². The largest absolute Gasteiger partial charge is 0.326 e. The number of nitriles is 1. The minimum absolute atomic E-state index is 0.244. The molecule has 0 amide bonds. The maximum atomic E-state index is 9.03. The Morgan fingerprint density at radius 1 is 1.33 bits per heavy atom. The Hall–Kier alpha value is -2.71. The van der Waals surface area contributed by atoms with Crippen molar-refractivity contribution in [2.75, 3.05) is 0 Å². The lowest BCUT2D eigenvalue weighted by molar-refractivity contribution is 0.902. The zero-order chi connectivity index (χ0) is 14.8. The SMILES string of the molecule is Cc1cc(CN)cnc1-n1c(CC#N)nc2ccccc21. The van der Waals surface area contributed by atoms with Crippen molar-refractivity contribution in [2.45, 2.75) is 19.9 Å². The third-order valence-electron chi connectivity index (χ3n) is 3.42. The Balaban J connectivity index is 2.28. The van der Waals surface area contributed by atoms with Crippen LogP contribution in [0.15, 0.2) is 36.5 Å². The van der Waals surface area contributed by atoms with Gasteiger partial charge in [-0.05, 0) is 36.2 Å². The van der Waals surface area contributed by atoms with E-state index in [1.54, 1.807) is 6.20 Å². The van der Waals surface area contributed by atoms with Crippen LogP contribution in [0.2, 0.25) is 0 Å². The first-order valence-electron chi connectivity index (χ1n) is 6.74. The summed E-state index contributed by atoms with van der Waals surface area (Å²) in [5, 5.41) is 9.03. The highest BCUT2D eigenvalue weighted by molar-refractivity contribution is 5.78. The summed E-state index contributed by atoms with van der Waals surface area (Å²) in [6.07, 6.45) is 2.02. The second-order valence-electron chi connectivity index (χ2n) is 4.88. The average molecular weight is 277 g/mol. The van der Waals surface area contributed by atoms with Gasteiger partial charge in [-0.2, -0.15) is 5.26 Å². The zero-order valence-corrected chi connectivity index (χ0v) is 11.7. The molecule has 0 unspecified atom stereocenters. The van der Waals surface area contributed by atoms with Gasteiger partial charge in [-0.25, -0.2) is 9.97 Å². The first-order valence-corrected chi connectivity index (χ1v) is 6.74. The lowest BCUT2D eigenvalue weighted by Crippen LogP contribution is -2.07. The van der Waals surface area contributed by atoms with Crippen molar-refractivity contribution in [3.8, 4) is 11.9 Å². The van der Waals surface area contributed by atoms with E-state index in [1.807, 2.05) is 41.8 Å². The Morgan fingerprint density at radius 3 is 2.86 bits per heavy atom. The number of para-hydroxylation sites is 2. The van der Waals surface area contributed by atoms with Gasteiger partial charge in [0.1, 0.15) is 11.6 Å². The number of aromatic nitrogens is 3. The maximum Gasteiger partial charge on any atom is 0.141 e. The van der Waals surface area contributed by atoms with E-state index >= 15 is 0 Å². The molecule has 104 valence electrons. The summed E-state index contributed by atoms with van der Waals surface area (Å²) in [5.74, 6) is 1.50. The van der Waals surface area contributed by atoms with Gasteiger partial charge >= 0.3 is 0 Å². The summed E-state index contributed by atoms with van der Waals surface area (Å²) >= 11 is 0. The zero-order valence-electron chi connectivity index (χ0n) is 11.7. The highest BCUT2D eigenvalue weighted by Gasteiger charge is 2.14. The van der Waals surface area contributed by atoms with E-state index in [4.69, 9.17) is 11.0 Å². The highest BCUT2D eigenvalue weighted by atomic mass is 15.1. The van der Waals surface area contributed by atoms with E-state index in [2.05, 4.69) is 16.0 Å². The molecule has 2 heterocycles. The topological polar surface area (TPSA) is 80.5 Å². The molecule has 0 aliphatic heterocycles. The maximum absolute atomic E-state index is 9.03. The smallest absolute Gasteiger partial charge is 0.141 e. The summed E-state index contributed by atoms with van der Waals surface area (Å²) in [7, 11) is 0. The molecule has 0 bridgehead atoms. The van der Waals surface area contributed by atoms with E-state index < -0.39 is 0 Å². The summed E-state index contributed by atoms with van der Waals surface area (Å²) in [4.78, 5) is 9.06. The molecule has 0 radical (unpaired) electrons. The van der Waals surface area contributed by atoms with Crippen LogP contribution in [0, 0.1) is 18.3 Å². The molecule has 3 rings (SSSR count). The number of nitrogens with two attached hydrogens (primary N) is 1. The van der Waals surface area contributed by atoms with E-state index in [-0.39, 0.29) is 6.42 Å². The molecule has 5 heteroatoms. The Kier molecular flexibility index (Phi) is 3.38. The number of pyridine rings is 1. The van der Waals surface area contributed by atoms with Crippen molar-refractivity contribution in [3.63, 3.8) is 0 Å². The fourth-order valence-electron chi connectivity index (χ4n) is 2.47. The number of hydrogen-bond donors (Lipinski definition) is 1. The number of imidazole rings is 1. The van der Waals surface area contributed by atoms with Crippen LogP contribution in [0.25, 0.3) is 16.9 Å². The van der Waals surface area contributed by atoms with E-state index in [1.165, 1.54) is 0 Å². The number of hydrogen-bond acceptors (Lipinski definition) is 4. The van der Waals surface area contributed by atoms with Crippen molar-refractivity contribution < 1.29 is 0 Å². The summed E-state index contributed by atoms with van der Waals surface area (Å²) in [6.45, 7) is 2.45. The van der Waals surface area contributed by atoms with E-state index in [9.17, 15) is 0 Å². The Labute approximate surface area is 122 Å². The third-order valence-corrected chi connectivity index (χ3v) is 3.42. The highest BCUT2D eigenvalue weighted by Crippen LogP contribution is 2.23. The predicted octanol–water partition coefficient (Wildman–Crippen LogP) is 2.25. The van der Waals surface area contributed by atoms with Gasteiger partial charge in [0.05, 0.1) is 23.5 Å². The molecule has 0 aliphatic rings. The van der Waals surface area contributed by atoms with Crippen LogP contribution in [-0.2, 0) is 13.0 Å². The second kappa shape index (κ2) is 5.35. The fourth-order valence-corrected chi connectivity index (χ4v) is 2.47. The summed E-state index contributed by atoms with van der Waals surface area (Å²) in [5.41, 5.74) is 9.48. The van der Waals surface area contributed by atoms with Crippen molar-refractivity contribution in [2.24, 2.45) is 5.73 Å². The van der Waals surface area contributed by atoms with Gasteiger partial charge in [0.25, 0.3) is 0 Å². The van der Waals surface area contributed by atoms with Crippen LogP contribution in [0.4, 0.5) is 0 Å². The number of rotatable bonds is 3. The molecule has 0 saturated carbocycles. The van der Waals surface area contributed by atoms with Gasteiger partial charge in [-0.15, -0.1) is 0 Å². The van der Waals surface area contributed by atoms with Gasteiger partial charge in [-0.1, -0.05) is 12.1 Å². The van der Waals surface area contributed by atoms with Crippen LogP contribution in [-0.4, -0.2) is 14.5 Å². The average Bonchev–Trinajstić information content (AvgIpc) is 2.85. The molecular formula is C16H15N5. The molecule has 1 aromatic carbocycles. The minimum atomic E-state index is 0.244. The molecule has 0 saturated heterocycles. The number of benzene rings is 1. The van der Waals surface area contributed by atoms with E-state index in [0.717, 1.165) is 28.0 Å². The predicted molar refractivity (Wildman–Crippen MR) is 80.8 cm³/mol. The molecule has 0 atom stereocenters. The molecule has 5 nitrogen and oxygen atoms in total. The van der Waals surface area contributed by atoms with Gasteiger partial charge < -0.3 is 5.73 Å². The molecule has 0 spiro atoms. The lowest BCUT2D eigenvalue weighted by atomic mass is 10.2. The molecule has 2 N–H and O–H groups in total. The normalized spacial score (nSPS) is 10.7. The number of nitrogens with zero attached hydrogens (tertiary/aromatic N) is 4. The van der Waals surface area contributed by atoms with Gasteiger partial charge in [0.15, 0.2) is 0 Å². The third kappa shape index (κ3) is 2.26. The molecule has 21 heavy (non-hydrogen) atoms. The number of fused-ring (bicyclic) bond motifs is 1. The summed E-state index contributed by atoms with van der Waals surface area (Å²) < 4.78 is 1.95. The summed E-state index contributed by atoms with van der Waals surface area (Å²) in [6, 6.07) is 12.0. The van der Waals surface area contributed by atoms with Crippen molar-refractivity contribution in [3.05, 3.63) is 53.5 Å². The monoisotopic (exact) mass is 277 g/mol. The Morgan fingerprint density at radius 2 is 2.14 bits per heavy atom. The molecule has 0 aliphatic carbocycles. The van der Waals surface area contributed by atoms with Crippen LogP contribution in [0.3, 0.4) is 0 Å². The standard InChI is InChI=1S/C16H15N5/c1-11-8-12(9-18)10-19-16(11)21-14-5-3-2-4-13(14)20-15(21)6-7-17/h2-5,8,10H,6,9,18H2,1H3. The first-order chi connectivity index (χ1) is 10.2. The number of aryl methyl sites for hydroxylation is 1. The van der Waals surface area contributed by atoms with Crippen molar-refractivity contribution >= 4 is 11.0 Å². The first kappa shape index (κ1) is 13.3. The van der Waals surface area contributed by atoms with E-state index in [0.29, 0.717) is 12.4 Å². The minimum Gasteiger partial charge on any atom is -0.326 e. The Bertz CT molecular complexity index is 841. The van der Waals surface area contributed by atoms with Crippen molar-refractivity contribution in [1.29, 1.82) is 5.26 Å². The molecule has 2 aromatic heterocycles.